The van der Waals surface area contributed by atoms with E-state index in [0.717, 1.165) is 0 Å². The number of alkyl halides is 2. The number of rotatable bonds is 2. The summed E-state index contributed by atoms with van der Waals surface area (Å²) < 4.78 is 38.9. The smallest absolute Gasteiger partial charge is 0.250 e. The lowest BCUT2D eigenvalue weighted by atomic mass is 9.63. The number of benzene rings is 1. The summed E-state index contributed by atoms with van der Waals surface area (Å²) in [5.74, 6) is -3.44. The van der Waals surface area contributed by atoms with Crippen molar-refractivity contribution < 1.29 is 18.0 Å². The van der Waals surface area contributed by atoms with Gasteiger partial charge in [0, 0.05) is 18.4 Å². The zero-order chi connectivity index (χ0) is 11.1. The van der Waals surface area contributed by atoms with E-state index in [9.17, 15) is 18.0 Å². The van der Waals surface area contributed by atoms with Gasteiger partial charge in [0.2, 0.25) is 0 Å². The summed E-state index contributed by atoms with van der Waals surface area (Å²) in [6, 6.07) is 5.57. The maximum Gasteiger partial charge on any atom is 0.250 e. The first-order chi connectivity index (χ1) is 6.99. The third-order valence-corrected chi connectivity index (χ3v) is 2.78. The predicted octanol–water partition coefficient (Wildman–Crippen LogP) is 2.69. The summed E-state index contributed by atoms with van der Waals surface area (Å²) >= 11 is 0. The molecule has 15 heavy (non-hydrogen) atoms. The summed E-state index contributed by atoms with van der Waals surface area (Å²) in [5.41, 5.74) is -1.25. The molecule has 0 aromatic heterocycles. The third-order valence-electron chi connectivity index (χ3n) is 2.78. The fourth-order valence-corrected chi connectivity index (χ4v) is 2.07. The molecule has 1 saturated carbocycles. The molecule has 0 unspecified atom stereocenters. The molecule has 0 saturated heterocycles. The monoisotopic (exact) mass is 214 g/mol. The zero-order valence-corrected chi connectivity index (χ0v) is 7.84. The van der Waals surface area contributed by atoms with Crippen molar-refractivity contribution in [2.45, 2.75) is 24.2 Å². The van der Waals surface area contributed by atoms with Crippen LogP contribution in [0.25, 0.3) is 0 Å². The highest BCUT2D eigenvalue weighted by molar-refractivity contribution is 5.71. The van der Waals surface area contributed by atoms with Gasteiger partial charge >= 0.3 is 0 Å². The topological polar surface area (TPSA) is 17.1 Å². The second-order valence-electron chi connectivity index (χ2n) is 3.96. The van der Waals surface area contributed by atoms with Gasteiger partial charge in [0.25, 0.3) is 5.92 Å². The van der Waals surface area contributed by atoms with Crippen LogP contribution in [0.2, 0.25) is 0 Å². The van der Waals surface area contributed by atoms with E-state index in [4.69, 9.17) is 0 Å². The van der Waals surface area contributed by atoms with E-state index in [2.05, 4.69) is 0 Å². The Bertz CT molecular complexity index is 393. The summed E-state index contributed by atoms with van der Waals surface area (Å²) in [5, 5.41) is 0. The molecule has 80 valence electrons. The van der Waals surface area contributed by atoms with E-state index in [1.165, 1.54) is 18.2 Å². The van der Waals surface area contributed by atoms with Crippen LogP contribution in [0, 0.1) is 5.82 Å². The van der Waals surface area contributed by atoms with E-state index >= 15 is 0 Å². The third kappa shape index (κ3) is 1.54. The molecule has 2 rings (SSSR count). The zero-order valence-electron chi connectivity index (χ0n) is 7.84. The Hall–Kier alpha value is -1.32. The van der Waals surface area contributed by atoms with Crippen LogP contribution in [0.4, 0.5) is 13.2 Å². The van der Waals surface area contributed by atoms with Crippen molar-refractivity contribution in [1.29, 1.82) is 0 Å². The molecule has 1 aliphatic rings. The molecule has 1 aliphatic carbocycles. The predicted molar refractivity (Wildman–Crippen MR) is 48.3 cm³/mol. The normalized spacial score (nSPS) is 21.8. The van der Waals surface area contributed by atoms with E-state index in [1.54, 1.807) is 6.07 Å². The molecule has 0 aliphatic heterocycles. The van der Waals surface area contributed by atoms with Crippen LogP contribution in [-0.4, -0.2) is 12.2 Å². The molecular weight excluding hydrogens is 205 g/mol. The van der Waals surface area contributed by atoms with Crippen molar-refractivity contribution >= 4 is 6.29 Å². The Kier molecular flexibility index (Phi) is 2.10. The molecule has 1 aromatic carbocycles. The molecule has 0 N–H and O–H groups in total. The Balaban J connectivity index is 2.38. The lowest BCUT2D eigenvalue weighted by Gasteiger charge is -2.43. The van der Waals surface area contributed by atoms with Crippen LogP contribution >= 0.6 is 0 Å². The molecule has 0 atom stereocenters. The quantitative estimate of drug-likeness (QED) is 0.692. The van der Waals surface area contributed by atoms with Crippen LogP contribution in [-0.2, 0) is 10.2 Å². The van der Waals surface area contributed by atoms with Gasteiger partial charge in [-0.05, 0) is 6.07 Å². The molecular formula is C11H9F3O. The lowest BCUT2D eigenvalue weighted by molar-refractivity contribution is -0.146. The van der Waals surface area contributed by atoms with Crippen molar-refractivity contribution in [3.8, 4) is 0 Å². The average molecular weight is 214 g/mol. The van der Waals surface area contributed by atoms with E-state index in [-0.39, 0.29) is 5.56 Å². The van der Waals surface area contributed by atoms with Gasteiger partial charge in [-0.15, -0.1) is 0 Å². The highest BCUT2D eigenvalue weighted by Gasteiger charge is 2.58. The first-order valence-corrected chi connectivity index (χ1v) is 4.58. The second kappa shape index (κ2) is 3.08. The van der Waals surface area contributed by atoms with Crippen LogP contribution in [0.3, 0.4) is 0 Å². The Morgan fingerprint density at radius 2 is 1.80 bits per heavy atom. The summed E-state index contributed by atoms with van der Waals surface area (Å²) in [6.07, 6.45) is -0.752. The van der Waals surface area contributed by atoms with E-state index in [0.29, 0.717) is 6.29 Å². The van der Waals surface area contributed by atoms with Crippen LogP contribution in [0.1, 0.15) is 18.4 Å². The molecule has 1 aromatic rings. The van der Waals surface area contributed by atoms with Gasteiger partial charge in [-0.3, -0.25) is 0 Å². The minimum absolute atomic E-state index is 0.0749. The minimum Gasteiger partial charge on any atom is -0.302 e. The molecule has 1 fully saturated rings. The van der Waals surface area contributed by atoms with Gasteiger partial charge in [0.1, 0.15) is 12.1 Å². The van der Waals surface area contributed by atoms with Gasteiger partial charge in [-0.1, -0.05) is 18.2 Å². The molecule has 1 nitrogen and oxygen atoms in total. The van der Waals surface area contributed by atoms with Gasteiger partial charge in [-0.25, -0.2) is 13.2 Å². The van der Waals surface area contributed by atoms with Gasteiger partial charge < -0.3 is 4.79 Å². The second-order valence-corrected chi connectivity index (χ2v) is 3.96. The fourth-order valence-electron chi connectivity index (χ4n) is 2.07. The molecule has 0 amide bonds. The Morgan fingerprint density at radius 1 is 1.20 bits per heavy atom. The highest BCUT2D eigenvalue weighted by Crippen LogP contribution is 2.52. The van der Waals surface area contributed by atoms with Crippen molar-refractivity contribution in [1.82, 2.24) is 0 Å². The number of carbonyl (C=O) groups is 1. The average Bonchev–Trinajstić information content (AvgIpc) is 2.14. The molecule has 0 bridgehead atoms. The molecule has 0 heterocycles. The van der Waals surface area contributed by atoms with Crippen molar-refractivity contribution in [2.75, 3.05) is 0 Å². The number of hydrogen-bond acceptors (Lipinski definition) is 1. The summed E-state index contributed by atoms with van der Waals surface area (Å²) in [4.78, 5) is 10.8. The number of aldehydes is 1. The molecule has 4 heteroatoms. The molecule has 0 radical (unpaired) electrons. The van der Waals surface area contributed by atoms with Crippen LogP contribution in [0.15, 0.2) is 24.3 Å². The van der Waals surface area contributed by atoms with Gasteiger partial charge in [-0.2, -0.15) is 0 Å². The SMILES string of the molecule is O=CC1(c2ccccc2F)CC(F)(F)C1. The van der Waals surface area contributed by atoms with Gasteiger partial charge in [0.05, 0.1) is 5.41 Å². The first kappa shape index (κ1) is 10.2. The van der Waals surface area contributed by atoms with Crippen LogP contribution in [0.5, 0.6) is 0 Å². The van der Waals surface area contributed by atoms with Crippen molar-refractivity contribution in [3.63, 3.8) is 0 Å². The Labute approximate surface area is 84.9 Å². The summed E-state index contributed by atoms with van der Waals surface area (Å²) in [6.45, 7) is 0. The molecule has 0 spiro atoms. The van der Waals surface area contributed by atoms with Crippen molar-refractivity contribution in [3.05, 3.63) is 35.6 Å². The van der Waals surface area contributed by atoms with Crippen LogP contribution < -0.4 is 0 Å². The number of halogens is 3. The van der Waals surface area contributed by atoms with Crippen molar-refractivity contribution in [2.24, 2.45) is 0 Å². The lowest BCUT2D eigenvalue weighted by Crippen LogP contribution is -2.50. The van der Waals surface area contributed by atoms with E-state index < -0.39 is 30.0 Å². The maximum absolute atomic E-state index is 13.3. The standard InChI is InChI=1S/C11H9F3O/c12-9-4-2-1-3-8(9)10(7-15)5-11(13,14)6-10/h1-4,7H,5-6H2. The Morgan fingerprint density at radius 3 is 2.27 bits per heavy atom. The largest absolute Gasteiger partial charge is 0.302 e. The first-order valence-electron chi connectivity index (χ1n) is 4.58. The maximum atomic E-state index is 13.3. The summed E-state index contributed by atoms with van der Waals surface area (Å²) in [7, 11) is 0. The number of hydrogen-bond donors (Lipinski definition) is 0. The van der Waals surface area contributed by atoms with E-state index in [1.807, 2.05) is 0 Å². The highest BCUT2D eigenvalue weighted by atomic mass is 19.3. The van der Waals surface area contributed by atoms with Gasteiger partial charge in [0.15, 0.2) is 0 Å². The minimum atomic E-state index is -2.84. The fraction of sp³-hybridized carbons (Fsp3) is 0.364. The number of carbonyl (C=O) groups excluding carboxylic acids is 1.